The molecule has 1 heterocycles. The van der Waals surface area contributed by atoms with Crippen molar-refractivity contribution in [2.24, 2.45) is 0 Å². The highest BCUT2D eigenvalue weighted by Crippen LogP contribution is 2.37. The van der Waals surface area contributed by atoms with Gasteiger partial charge in [0.25, 0.3) is 0 Å². The molecule has 0 saturated heterocycles. The van der Waals surface area contributed by atoms with Crippen LogP contribution >= 0.6 is 24.0 Å². The van der Waals surface area contributed by atoms with Gasteiger partial charge in [0.05, 0.1) is 4.70 Å². The van der Waals surface area contributed by atoms with Crippen molar-refractivity contribution in [3.05, 3.63) is 17.5 Å². The van der Waals surface area contributed by atoms with Crippen LogP contribution in [-0.4, -0.2) is 10.2 Å². The molecule has 2 aromatic rings. The standard InChI is InChI=1S/C8H6O2S2/c9-4-1-5-6(10)3-12-8(5)7(11)2-4/h1-3,9-11H. The van der Waals surface area contributed by atoms with Crippen molar-refractivity contribution in [1.82, 2.24) is 0 Å². The Morgan fingerprint density at radius 3 is 2.75 bits per heavy atom. The van der Waals surface area contributed by atoms with E-state index < -0.39 is 0 Å². The van der Waals surface area contributed by atoms with Crippen LogP contribution in [0.1, 0.15) is 0 Å². The molecule has 0 fully saturated rings. The molecule has 0 amide bonds. The number of benzene rings is 1. The second-order valence-corrected chi connectivity index (χ2v) is 3.82. The monoisotopic (exact) mass is 198 g/mol. The van der Waals surface area contributed by atoms with Crippen molar-refractivity contribution in [3.8, 4) is 11.5 Å². The van der Waals surface area contributed by atoms with Crippen LogP contribution in [0.4, 0.5) is 0 Å². The SMILES string of the molecule is Oc1cc(S)c2scc(O)c2c1. The molecule has 0 aliphatic rings. The number of phenols is 1. The van der Waals surface area contributed by atoms with E-state index >= 15 is 0 Å². The van der Waals surface area contributed by atoms with Crippen LogP contribution in [0.15, 0.2) is 22.4 Å². The molecule has 1 aromatic heterocycles. The highest BCUT2D eigenvalue weighted by molar-refractivity contribution is 7.80. The lowest BCUT2D eigenvalue weighted by atomic mass is 10.2. The normalized spacial score (nSPS) is 10.8. The van der Waals surface area contributed by atoms with E-state index in [-0.39, 0.29) is 11.5 Å². The maximum Gasteiger partial charge on any atom is 0.134 e. The first-order valence-electron chi connectivity index (χ1n) is 3.30. The largest absolute Gasteiger partial charge is 0.508 e. The van der Waals surface area contributed by atoms with Crippen molar-refractivity contribution < 1.29 is 10.2 Å². The van der Waals surface area contributed by atoms with Crippen LogP contribution in [0, 0.1) is 0 Å². The number of hydrogen-bond donors (Lipinski definition) is 3. The summed E-state index contributed by atoms with van der Waals surface area (Å²) in [4.78, 5) is 0.690. The Kier molecular flexibility index (Phi) is 1.66. The number of hydrogen-bond acceptors (Lipinski definition) is 4. The Balaban J connectivity index is 2.92. The summed E-state index contributed by atoms with van der Waals surface area (Å²) in [7, 11) is 0. The van der Waals surface area contributed by atoms with Gasteiger partial charge >= 0.3 is 0 Å². The fourth-order valence-corrected chi connectivity index (χ4v) is 2.33. The van der Waals surface area contributed by atoms with Crippen LogP contribution in [0.5, 0.6) is 11.5 Å². The number of rotatable bonds is 0. The minimum absolute atomic E-state index is 0.126. The highest BCUT2D eigenvalue weighted by Gasteiger charge is 2.06. The molecule has 0 bridgehead atoms. The minimum atomic E-state index is 0.126. The predicted molar refractivity (Wildman–Crippen MR) is 52.4 cm³/mol. The van der Waals surface area contributed by atoms with Crippen molar-refractivity contribution in [3.63, 3.8) is 0 Å². The molecule has 0 radical (unpaired) electrons. The van der Waals surface area contributed by atoms with Gasteiger partial charge in [0.1, 0.15) is 11.5 Å². The third-order valence-electron chi connectivity index (χ3n) is 1.62. The maximum atomic E-state index is 9.33. The first-order chi connectivity index (χ1) is 5.68. The van der Waals surface area contributed by atoms with Crippen LogP contribution in [0.25, 0.3) is 10.1 Å². The summed E-state index contributed by atoms with van der Waals surface area (Å²) >= 11 is 5.58. The van der Waals surface area contributed by atoms with Crippen LogP contribution in [0.3, 0.4) is 0 Å². The van der Waals surface area contributed by atoms with Gasteiger partial charge in [-0.05, 0) is 12.1 Å². The number of aromatic hydroxyl groups is 2. The number of phenolic OH excluding ortho intramolecular Hbond substituents is 1. The summed E-state index contributed by atoms with van der Waals surface area (Å²) < 4.78 is 0.897. The number of fused-ring (bicyclic) bond motifs is 1. The summed E-state index contributed by atoms with van der Waals surface area (Å²) in [6.07, 6.45) is 0. The third-order valence-corrected chi connectivity index (χ3v) is 3.14. The van der Waals surface area contributed by atoms with Crippen molar-refractivity contribution in [1.29, 1.82) is 0 Å². The minimum Gasteiger partial charge on any atom is -0.508 e. The fourth-order valence-electron chi connectivity index (χ4n) is 1.09. The number of thiophene rings is 1. The van der Waals surface area contributed by atoms with Gasteiger partial charge in [-0.2, -0.15) is 0 Å². The second kappa shape index (κ2) is 2.57. The van der Waals surface area contributed by atoms with E-state index in [9.17, 15) is 10.2 Å². The van der Waals surface area contributed by atoms with Gasteiger partial charge < -0.3 is 10.2 Å². The van der Waals surface area contributed by atoms with E-state index in [2.05, 4.69) is 12.6 Å². The zero-order valence-electron chi connectivity index (χ0n) is 5.98. The van der Waals surface area contributed by atoms with E-state index in [0.29, 0.717) is 10.3 Å². The summed E-state index contributed by atoms with van der Waals surface area (Å²) in [6, 6.07) is 3.09. The predicted octanol–water partition coefficient (Wildman–Crippen LogP) is 2.60. The molecule has 0 aliphatic heterocycles. The van der Waals surface area contributed by atoms with Crippen LogP contribution < -0.4 is 0 Å². The first kappa shape index (κ1) is 7.76. The fraction of sp³-hybridized carbons (Fsp3) is 0. The van der Waals surface area contributed by atoms with Gasteiger partial charge in [0, 0.05) is 15.7 Å². The van der Waals surface area contributed by atoms with Gasteiger partial charge in [-0.1, -0.05) is 0 Å². The molecule has 2 N–H and O–H groups in total. The summed E-state index contributed by atoms with van der Waals surface area (Å²) in [5.74, 6) is 0.322. The lowest BCUT2D eigenvalue weighted by Gasteiger charge is -1.96. The molecule has 0 saturated carbocycles. The molecule has 62 valence electrons. The lowest BCUT2D eigenvalue weighted by molar-refractivity contribution is 0.471. The van der Waals surface area contributed by atoms with Crippen molar-refractivity contribution in [2.75, 3.05) is 0 Å². The Morgan fingerprint density at radius 2 is 2.00 bits per heavy atom. The highest BCUT2D eigenvalue weighted by atomic mass is 32.1. The number of thiol groups is 1. The van der Waals surface area contributed by atoms with E-state index in [1.54, 1.807) is 11.4 Å². The van der Waals surface area contributed by atoms with Crippen LogP contribution in [-0.2, 0) is 0 Å². The maximum absolute atomic E-state index is 9.33. The van der Waals surface area contributed by atoms with Gasteiger partial charge in [0.2, 0.25) is 0 Å². The molecule has 4 heteroatoms. The second-order valence-electron chi connectivity index (χ2n) is 2.46. The molecule has 2 nitrogen and oxygen atoms in total. The summed E-state index contributed by atoms with van der Waals surface area (Å²) in [5, 5.41) is 20.8. The molecular weight excluding hydrogens is 192 g/mol. The van der Waals surface area contributed by atoms with E-state index in [1.807, 2.05) is 0 Å². The van der Waals surface area contributed by atoms with Crippen molar-refractivity contribution >= 4 is 34.1 Å². The molecule has 1 aromatic carbocycles. The van der Waals surface area contributed by atoms with E-state index in [4.69, 9.17) is 0 Å². The van der Waals surface area contributed by atoms with Gasteiger partial charge in [-0.25, -0.2) is 0 Å². The smallest absolute Gasteiger partial charge is 0.134 e. The zero-order valence-corrected chi connectivity index (χ0v) is 7.69. The third kappa shape index (κ3) is 1.04. The summed E-state index contributed by atoms with van der Waals surface area (Å²) in [6.45, 7) is 0. The molecule has 0 spiro atoms. The lowest BCUT2D eigenvalue weighted by Crippen LogP contribution is -1.68. The Morgan fingerprint density at radius 1 is 1.25 bits per heavy atom. The Labute approximate surface area is 78.5 Å². The zero-order chi connectivity index (χ0) is 8.72. The van der Waals surface area contributed by atoms with Gasteiger partial charge in [0.15, 0.2) is 0 Å². The molecule has 0 aliphatic carbocycles. The molecule has 0 atom stereocenters. The molecule has 0 unspecified atom stereocenters. The van der Waals surface area contributed by atoms with Gasteiger partial charge in [-0.3, -0.25) is 0 Å². The Hall–Kier alpha value is -0.870. The van der Waals surface area contributed by atoms with E-state index in [1.165, 1.54) is 17.4 Å². The van der Waals surface area contributed by atoms with Gasteiger partial charge in [-0.15, -0.1) is 24.0 Å². The Bertz CT molecular complexity index is 434. The summed E-state index contributed by atoms with van der Waals surface area (Å²) in [5.41, 5.74) is 0. The van der Waals surface area contributed by atoms with Crippen molar-refractivity contribution in [2.45, 2.75) is 4.90 Å². The van der Waals surface area contributed by atoms with Crippen LogP contribution in [0.2, 0.25) is 0 Å². The molecular formula is C8H6O2S2. The van der Waals surface area contributed by atoms with E-state index in [0.717, 1.165) is 4.70 Å². The quantitative estimate of drug-likeness (QED) is 0.569. The topological polar surface area (TPSA) is 40.5 Å². The average molecular weight is 198 g/mol. The molecule has 2 rings (SSSR count). The first-order valence-corrected chi connectivity index (χ1v) is 4.63. The average Bonchev–Trinajstić information content (AvgIpc) is 2.33. The molecule has 12 heavy (non-hydrogen) atoms.